The molecule has 0 radical (unpaired) electrons. The van der Waals surface area contributed by atoms with Crippen LogP contribution in [-0.4, -0.2) is 12.4 Å². The Hall–Kier alpha value is -1.78. The average Bonchev–Trinajstić information content (AvgIpc) is 2.83. The van der Waals surface area contributed by atoms with Gasteiger partial charge in [-0.1, -0.05) is 18.2 Å². The fraction of sp³-hybridized carbons (Fsp3) is 0.438. The third kappa shape index (κ3) is 4.62. The zero-order chi connectivity index (χ0) is 15.3. The molecule has 0 unspecified atom stereocenters. The van der Waals surface area contributed by atoms with Crippen molar-refractivity contribution in [3.8, 4) is 5.75 Å². The maximum absolute atomic E-state index is 12.5. The average molecular weight is 298 g/mol. The van der Waals surface area contributed by atoms with Crippen LogP contribution in [0.3, 0.4) is 0 Å². The summed E-state index contributed by atoms with van der Waals surface area (Å²) in [6.45, 7) is 0.290. The van der Waals surface area contributed by atoms with Crippen molar-refractivity contribution in [2.45, 2.75) is 31.9 Å². The molecule has 1 aliphatic rings. The number of ketones is 1. The highest BCUT2D eigenvalue weighted by Gasteiger charge is 2.30. The van der Waals surface area contributed by atoms with Gasteiger partial charge < -0.3 is 4.74 Å². The monoisotopic (exact) mass is 298 g/mol. The largest absolute Gasteiger partial charge is 0.493 e. The Morgan fingerprint density at radius 3 is 2.81 bits per heavy atom. The third-order valence-electron chi connectivity index (χ3n) is 3.43. The highest BCUT2D eigenvalue weighted by Crippen LogP contribution is 2.31. The van der Waals surface area contributed by atoms with Crippen molar-refractivity contribution in [3.63, 3.8) is 0 Å². The number of hydrogen-bond donors (Lipinski definition) is 0. The summed E-state index contributed by atoms with van der Waals surface area (Å²) >= 11 is 0. The lowest BCUT2D eigenvalue weighted by molar-refractivity contribution is -0.137. The van der Waals surface area contributed by atoms with Crippen LogP contribution >= 0.6 is 0 Å². The minimum atomic E-state index is -4.36. The van der Waals surface area contributed by atoms with Crippen LogP contribution in [0.4, 0.5) is 13.2 Å². The van der Waals surface area contributed by atoms with Gasteiger partial charge in [0.15, 0.2) is 0 Å². The summed E-state index contributed by atoms with van der Waals surface area (Å²) in [5.41, 5.74) is -0.716. The van der Waals surface area contributed by atoms with Crippen molar-refractivity contribution < 1.29 is 22.7 Å². The van der Waals surface area contributed by atoms with E-state index < -0.39 is 11.7 Å². The lowest BCUT2D eigenvalue weighted by atomic mass is 10.1. The Morgan fingerprint density at radius 2 is 2.14 bits per heavy atom. The van der Waals surface area contributed by atoms with E-state index in [1.807, 2.05) is 12.2 Å². The molecule has 0 aliphatic heterocycles. The molecule has 0 aromatic heterocycles. The number of alkyl halides is 3. The second-order valence-electron chi connectivity index (χ2n) is 5.06. The summed E-state index contributed by atoms with van der Waals surface area (Å²) in [6, 6.07) is 4.83. The maximum Gasteiger partial charge on any atom is 0.416 e. The second-order valence-corrected chi connectivity index (χ2v) is 5.06. The number of halogens is 3. The summed E-state index contributed by atoms with van der Waals surface area (Å²) < 4.78 is 42.9. The smallest absolute Gasteiger partial charge is 0.416 e. The number of rotatable bonds is 5. The van der Waals surface area contributed by atoms with Gasteiger partial charge in [-0.05, 0) is 37.5 Å². The van der Waals surface area contributed by atoms with Gasteiger partial charge in [0, 0.05) is 12.3 Å². The molecular formula is C16H17F3O2. The van der Waals surface area contributed by atoms with E-state index in [0.717, 1.165) is 25.0 Å². The Kier molecular flexibility index (Phi) is 5.04. The number of carbonyl (C=O) groups excluding carboxylic acids is 1. The molecule has 2 rings (SSSR count). The first kappa shape index (κ1) is 15.6. The zero-order valence-electron chi connectivity index (χ0n) is 11.5. The van der Waals surface area contributed by atoms with Gasteiger partial charge in [-0.3, -0.25) is 4.79 Å². The molecule has 1 aliphatic carbocycles. The van der Waals surface area contributed by atoms with Crippen molar-refractivity contribution in [1.82, 2.24) is 0 Å². The molecule has 0 bridgehead atoms. The first-order valence-corrected chi connectivity index (χ1v) is 6.96. The van der Waals surface area contributed by atoms with Gasteiger partial charge in [-0.25, -0.2) is 0 Å². The fourth-order valence-corrected chi connectivity index (χ4v) is 2.31. The van der Waals surface area contributed by atoms with Crippen LogP contribution in [0.1, 0.15) is 31.2 Å². The molecule has 21 heavy (non-hydrogen) atoms. The van der Waals surface area contributed by atoms with Gasteiger partial charge in [0.1, 0.15) is 11.5 Å². The Labute approximate surface area is 121 Å². The number of allylic oxidation sites excluding steroid dienone is 1. The standard InChI is InChI=1S/C16H17F3O2/c17-16(18,19)13-7-4-8-14(11-13)21-10-2-1-5-12-6-3-9-15(12)20/h1,4-5,7-8,11-12H,2-3,6,9-10H2/b5-1+/t12-/m1/s1. The molecule has 0 amide bonds. The molecule has 1 aromatic carbocycles. The first-order chi connectivity index (χ1) is 9.97. The van der Waals surface area contributed by atoms with E-state index in [1.54, 1.807) is 0 Å². The van der Waals surface area contributed by atoms with Gasteiger partial charge in [-0.2, -0.15) is 13.2 Å². The fourth-order valence-electron chi connectivity index (χ4n) is 2.31. The molecule has 0 spiro atoms. The van der Waals surface area contributed by atoms with Crippen molar-refractivity contribution in [3.05, 3.63) is 42.0 Å². The topological polar surface area (TPSA) is 26.3 Å². The Bertz CT molecular complexity index is 520. The minimum Gasteiger partial charge on any atom is -0.493 e. The zero-order valence-corrected chi connectivity index (χ0v) is 11.5. The molecular weight excluding hydrogens is 281 g/mol. The molecule has 1 atom stereocenters. The normalized spacial score (nSPS) is 19.4. The number of benzene rings is 1. The molecule has 5 heteroatoms. The minimum absolute atomic E-state index is 0.0126. The van der Waals surface area contributed by atoms with Gasteiger partial charge in [0.25, 0.3) is 0 Å². The third-order valence-corrected chi connectivity index (χ3v) is 3.43. The molecule has 1 aromatic rings. The highest BCUT2D eigenvalue weighted by atomic mass is 19.4. The molecule has 0 N–H and O–H groups in total. The van der Waals surface area contributed by atoms with Crippen LogP contribution in [-0.2, 0) is 11.0 Å². The van der Waals surface area contributed by atoms with E-state index in [4.69, 9.17) is 4.74 Å². The SMILES string of the molecule is O=C1CCC[C@H]1/C=C/CCOc1cccc(C(F)(F)F)c1. The number of hydrogen-bond acceptors (Lipinski definition) is 2. The van der Waals surface area contributed by atoms with Gasteiger partial charge in [0.2, 0.25) is 0 Å². The molecule has 2 nitrogen and oxygen atoms in total. The highest BCUT2D eigenvalue weighted by molar-refractivity contribution is 5.84. The van der Waals surface area contributed by atoms with Crippen molar-refractivity contribution in [1.29, 1.82) is 0 Å². The Balaban J connectivity index is 1.78. The van der Waals surface area contributed by atoms with E-state index in [1.165, 1.54) is 12.1 Å². The number of carbonyl (C=O) groups is 1. The maximum atomic E-state index is 12.5. The summed E-state index contributed by atoms with van der Waals surface area (Å²) in [6.07, 6.45) is 2.43. The van der Waals surface area contributed by atoms with Crippen LogP contribution in [0.15, 0.2) is 36.4 Å². The lowest BCUT2D eigenvalue weighted by Crippen LogP contribution is -2.05. The van der Waals surface area contributed by atoms with E-state index in [-0.39, 0.29) is 17.5 Å². The molecule has 1 saturated carbocycles. The predicted octanol–water partition coefficient (Wildman–Crippen LogP) is 4.40. The van der Waals surface area contributed by atoms with Gasteiger partial charge >= 0.3 is 6.18 Å². The quantitative estimate of drug-likeness (QED) is 0.595. The summed E-state index contributed by atoms with van der Waals surface area (Å²) in [5, 5.41) is 0. The number of ether oxygens (including phenoxy) is 1. The molecule has 0 saturated heterocycles. The summed E-state index contributed by atoms with van der Waals surface area (Å²) in [7, 11) is 0. The molecule has 114 valence electrons. The van der Waals surface area contributed by atoms with E-state index >= 15 is 0 Å². The molecule has 0 heterocycles. The van der Waals surface area contributed by atoms with Crippen molar-refractivity contribution >= 4 is 5.78 Å². The lowest BCUT2D eigenvalue weighted by Gasteiger charge is -2.09. The second kappa shape index (κ2) is 6.78. The van der Waals surface area contributed by atoms with Gasteiger partial charge in [0.05, 0.1) is 12.2 Å². The van der Waals surface area contributed by atoms with Crippen molar-refractivity contribution in [2.24, 2.45) is 5.92 Å². The van der Waals surface area contributed by atoms with Crippen molar-refractivity contribution in [2.75, 3.05) is 6.61 Å². The van der Waals surface area contributed by atoms with Crippen LogP contribution < -0.4 is 4.74 Å². The first-order valence-electron chi connectivity index (χ1n) is 6.96. The van der Waals surface area contributed by atoms with Crippen LogP contribution in [0.2, 0.25) is 0 Å². The van der Waals surface area contributed by atoms with Gasteiger partial charge in [-0.15, -0.1) is 0 Å². The van der Waals surface area contributed by atoms with E-state index in [9.17, 15) is 18.0 Å². The van der Waals surface area contributed by atoms with Crippen LogP contribution in [0.25, 0.3) is 0 Å². The van der Waals surface area contributed by atoms with Crippen LogP contribution in [0, 0.1) is 5.92 Å². The summed E-state index contributed by atoms with van der Waals surface area (Å²) in [4.78, 5) is 11.4. The number of Topliss-reactive ketones (excluding diaryl/α,β-unsaturated/α-hetero) is 1. The van der Waals surface area contributed by atoms with E-state index in [0.29, 0.717) is 19.4 Å². The van der Waals surface area contributed by atoms with E-state index in [2.05, 4.69) is 0 Å². The predicted molar refractivity (Wildman–Crippen MR) is 73.0 cm³/mol. The Morgan fingerprint density at radius 1 is 1.33 bits per heavy atom. The molecule has 1 fully saturated rings. The van der Waals surface area contributed by atoms with Crippen LogP contribution in [0.5, 0.6) is 5.75 Å². The summed E-state index contributed by atoms with van der Waals surface area (Å²) in [5.74, 6) is 0.485.